The SMILES string of the molecule is CN(C)c1ccc(C(=O)N2CCc3[nH]c4ccccc4c3CC2)cc1. The Balaban J connectivity index is 1.54. The van der Waals surface area contributed by atoms with Crippen molar-refractivity contribution in [1.29, 1.82) is 0 Å². The smallest absolute Gasteiger partial charge is 0.253 e. The number of nitrogens with one attached hydrogen (secondary N) is 1. The van der Waals surface area contributed by atoms with Crippen molar-refractivity contribution in [3.63, 3.8) is 0 Å². The quantitative estimate of drug-likeness (QED) is 0.780. The van der Waals surface area contributed by atoms with Gasteiger partial charge in [0.2, 0.25) is 0 Å². The Bertz CT molecular complexity index is 909. The number of rotatable bonds is 2. The molecule has 0 fully saturated rings. The first-order valence-electron chi connectivity index (χ1n) is 8.78. The highest BCUT2D eigenvalue weighted by Gasteiger charge is 2.22. The summed E-state index contributed by atoms with van der Waals surface area (Å²) in [6.07, 6.45) is 1.78. The number of aromatic amines is 1. The van der Waals surface area contributed by atoms with Gasteiger partial charge in [0, 0.05) is 61.5 Å². The Kier molecular flexibility index (Phi) is 3.96. The summed E-state index contributed by atoms with van der Waals surface area (Å²) in [5.74, 6) is 0.125. The van der Waals surface area contributed by atoms with Gasteiger partial charge in [-0.2, -0.15) is 0 Å². The molecule has 4 nitrogen and oxygen atoms in total. The van der Waals surface area contributed by atoms with Crippen molar-refractivity contribution in [2.24, 2.45) is 0 Å². The number of fused-ring (bicyclic) bond motifs is 3. The van der Waals surface area contributed by atoms with Gasteiger partial charge >= 0.3 is 0 Å². The molecule has 2 aromatic carbocycles. The lowest BCUT2D eigenvalue weighted by Gasteiger charge is -2.21. The fraction of sp³-hybridized carbons (Fsp3) is 0.286. The zero-order chi connectivity index (χ0) is 17.4. The van der Waals surface area contributed by atoms with E-state index in [0.717, 1.165) is 37.2 Å². The molecule has 0 saturated heterocycles. The van der Waals surface area contributed by atoms with Crippen molar-refractivity contribution >= 4 is 22.5 Å². The van der Waals surface area contributed by atoms with Gasteiger partial charge in [-0.15, -0.1) is 0 Å². The first-order valence-corrected chi connectivity index (χ1v) is 8.78. The van der Waals surface area contributed by atoms with Gasteiger partial charge in [-0.1, -0.05) is 18.2 Å². The molecule has 1 aromatic heterocycles. The van der Waals surface area contributed by atoms with Crippen LogP contribution in [0.2, 0.25) is 0 Å². The number of aromatic nitrogens is 1. The molecular formula is C21H23N3O. The molecule has 0 aliphatic carbocycles. The first kappa shape index (κ1) is 15.8. The Morgan fingerprint density at radius 3 is 2.48 bits per heavy atom. The number of nitrogens with zero attached hydrogens (tertiary/aromatic N) is 2. The van der Waals surface area contributed by atoms with Crippen LogP contribution in [0.5, 0.6) is 0 Å². The second-order valence-electron chi connectivity index (χ2n) is 6.86. The number of para-hydroxylation sites is 1. The molecule has 3 aromatic rings. The number of benzene rings is 2. The standard InChI is InChI=1S/C21H23N3O/c1-23(2)16-9-7-15(8-10-16)21(25)24-13-11-18-17-5-3-4-6-19(17)22-20(18)12-14-24/h3-10,22H,11-14H2,1-2H3. The number of hydrogen-bond acceptors (Lipinski definition) is 2. The molecule has 2 heterocycles. The second-order valence-corrected chi connectivity index (χ2v) is 6.86. The van der Waals surface area contributed by atoms with Crippen LogP contribution in [-0.4, -0.2) is 43.0 Å². The molecule has 25 heavy (non-hydrogen) atoms. The van der Waals surface area contributed by atoms with E-state index in [1.165, 1.54) is 22.2 Å². The average Bonchev–Trinajstić information content (AvgIpc) is 2.85. The number of carbonyl (C=O) groups excluding carboxylic acids is 1. The van der Waals surface area contributed by atoms with Crippen molar-refractivity contribution in [3.05, 3.63) is 65.4 Å². The van der Waals surface area contributed by atoms with Crippen molar-refractivity contribution in [3.8, 4) is 0 Å². The summed E-state index contributed by atoms with van der Waals surface area (Å²) in [6.45, 7) is 1.53. The van der Waals surface area contributed by atoms with Gasteiger partial charge in [0.05, 0.1) is 0 Å². The van der Waals surface area contributed by atoms with Crippen LogP contribution in [-0.2, 0) is 12.8 Å². The maximum absolute atomic E-state index is 12.9. The van der Waals surface area contributed by atoms with Crippen LogP contribution in [0.15, 0.2) is 48.5 Å². The molecule has 4 heteroatoms. The summed E-state index contributed by atoms with van der Waals surface area (Å²) in [5.41, 5.74) is 5.72. The van der Waals surface area contributed by atoms with Crippen molar-refractivity contribution in [2.45, 2.75) is 12.8 Å². The van der Waals surface area contributed by atoms with Crippen LogP contribution < -0.4 is 4.90 Å². The molecule has 1 aliphatic rings. The summed E-state index contributed by atoms with van der Waals surface area (Å²) >= 11 is 0. The zero-order valence-electron chi connectivity index (χ0n) is 14.7. The van der Waals surface area contributed by atoms with Gasteiger partial charge in [-0.05, 0) is 42.3 Å². The van der Waals surface area contributed by atoms with Gasteiger partial charge < -0.3 is 14.8 Å². The van der Waals surface area contributed by atoms with Crippen molar-refractivity contribution < 1.29 is 4.79 Å². The van der Waals surface area contributed by atoms with Crippen LogP contribution in [0.1, 0.15) is 21.6 Å². The summed E-state index contributed by atoms with van der Waals surface area (Å²) in [6, 6.07) is 16.3. The first-order chi connectivity index (χ1) is 12.1. The summed E-state index contributed by atoms with van der Waals surface area (Å²) in [7, 11) is 4.01. The van der Waals surface area contributed by atoms with Crippen LogP contribution in [0.25, 0.3) is 10.9 Å². The van der Waals surface area contributed by atoms with E-state index in [-0.39, 0.29) is 5.91 Å². The Morgan fingerprint density at radius 2 is 1.72 bits per heavy atom. The minimum absolute atomic E-state index is 0.125. The van der Waals surface area contributed by atoms with Gasteiger partial charge in [-0.25, -0.2) is 0 Å². The number of amides is 1. The van der Waals surface area contributed by atoms with Gasteiger partial charge in [0.25, 0.3) is 5.91 Å². The maximum Gasteiger partial charge on any atom is 0.253 e. The third-order valence-electron chi connectivity index (χ3n) is 5.08. The lowest BCUT2D eigenvalue weighted by atomic mass is 10.1. The van der Waals surface area contributed by atoms with Crippen LogP contribution in [0.4, 0.5) is 5.69 Å². The lowest BCUT2D eigenvalue weighted by molar-refractivity contribution is 0.0763. The molecule has 0 atom stereocenters. The molecular weight excluding hydrogens is 310 g/mol. The zero-order valence-corrected chi connectivity index (χ0v) is 14.7. The van der Waals surface area contributed by atoms with Gasteiger partial charge in [0.15, 0.2) is 0 Å². The van der Waals surface area contributed by atoms with E-state index in [1.807, 2.05) is 48.2 Å². The van der Waals surface area contributed by atoms with Gasteiger partial charge in [0.1, 0.15) is 0 Å². The third kappa shape index (κ3) is 2.88. The minimum atomic E-state index is 0.125. The normalized spacial score (nSPS) is 14.2. The molecule has 0 spiro atoms. The van der Waals surface area contributed by atoms with Crippen LogP contribution in [0, 0.1) is 0 Å². The van der Waals surface area contributed by atoms with Crippen LogP contribution in [0.3, 0.4) is 0 Å². The molecule has 0 unspecified atom stereocenters. The molecule has 0 bridgehead atoms. The number of H-pyrrole nitrogens is 1. The van der Waals surface area contributed by atoms with E-state index in [1.54, 1.807) is 0 Å². The van der Waals surface area contributed by atoms with E-state index in [0.29, 0.717) is 0 Å². The number of anilines is 1. The average molecular weight is 333 g/mol. The highest BCUT2D eigenvalue weighted by molar-refractivity contribution is 5.95. The molecule has 0 radical (unpaired) electrons. The molecule has 1 amide bonds. The number of carbonyl (C=O) groups is 1. The summed E-state index contributed by atoms with van der Waals surface area (Å²) < 4.78 is 0. The van der Waals surface area contributed by atoms with Crippen molar-refractivity contribution in [1.82, 2.24) is 9.88 Å². The molecule has 4 rings (SSSR count). The van der Waals surface area contributed by atoms with E-state index in [9.17, 15) is 4.79 Å². The van der Waals surface area contributed by atoms with E-state index in [2.05, 4.69) is 29.2 Å². The van der Waals surface area contributed by atoms with E-state index >= 15 is 0 Å². The monoisotopic (exact) mass is 333 g/mol. The predicted octanol–water partition coefficient (Wildman–Crippen LogP) is 3.47. The fourth-order valence-corrected chi connectivity index (χ4v) is 3.65. The second kappa shape index (κ2) is 6.28. The minimum Gasteiger partial charge on any atom is -0.378 e. The lowest BCUT2D eigenvalue weighted by Crippen LogP contribution is -2.33. The fourth-order valence-electron chi connectivity index (χ4n) is 3.65. The van der Waals surface area contributed by atoms with E-state index in [4.69, 9.17) is 0 Å². The van der Waals surface area contributed by atoms with Crippen molar-refractivity contribution in [2.75, 3.05) is 32.1 Å². The Hall–Kier alpha value is -2.75. The van der Waals surface area contributed by atoms with Crippen LogP contribution >= 0.6 is 0 Å². The van der Waals surface area contributed by atoms with Gasteiger partial charge in [-0.3, -0.25) is 4.79 Å². The molecule has 0 saturated carbocycles. The highest BCUT2D eigenvalue weighted by atomic mass is 16.2. The maximum atomic E-state index is 12.9. The highest BCUT2D eigenvalue weighted by Crippen LogP contribution is 2.26. The Labute approximate surface area is 148 Å². The summed E-state index contributed by atoms with van der Waals surface area (Å²) in [5, 5.41) is 1.29. The Morgan fingerprint density at radius 1 is 1.00 bits per heavy atom. The number of hydrogen-bond donors (Lipinski definition) is 1. The third-order valence-corrected chi connectivity index (χ3v) is 5.08. The predicted molar refractivity (Wildman–Crippen MR) is 102 cm³/mol. The largest absolute Gasteiger partial charge is 0.378 e. The van der Waals surface area contributed by atoms with E-state index < -0.39 is 0 Å². The summed E-state index contributed by atoms with van der Waals surface area (Å²) in [4.78, 5) is 20.4. The molecule has 1 N–H and O–H groups in total. The molecule has 1 aliphatic heterocycles. The molecule has 128 valence electrons. The topological polar surface area (TPSA) is 39.3 Å².